The van der Waals surface area contributed by atoms with E-state index in [2.05, 4.69) is 20.5 Å². The average Bonchev–Trinajstić information content (AvgIpc) is 2.71. The molecule has 1 aromatic heterocycles. The minimum Gasteiger partial charge on any atom is -0.493 e. The molecule has 0 radical (unpaired) electrons. The fourth-order valence-corrected chi connectivity index (χ4v) is 3.01. The highest BCUT2D eigenvalue weighted by atomic mass is 35.5. The average molecular weight is 447 g/mol. The van der Waals surface area contributed by atoms with Crippen LogP contribution in [0.4, 0.5) is 5.95 Å². The number of aryl methyl sites for hydroxylation is 1. The maximum atomic E-state index is 11.8. The fraction of sp³-hybridized carbons (Fsp3) is 0.190. The van der Waals surface area contributed by atoms with Crippen LogP contribution in [-0.2, 0) is 6.61 Å². The zero-order valence-electron chi connectivity index (χ0n) is 16.6. The van der Waals surface area contributed by atoms with E-state index in [1.807, 2.05) is 12.1 Å². The van der Waals surface area contributed by atoms with E-state index in [9.17, 15) is 4.79 Å². The van der Waals surface area contributed by atoms with Gasteiger partial charge in [0.1, 0.15) is 6.61 Å². The van der Waals surface area contributed by atoms with Crippen molar-refractivity contribution >= 4 is 35.4 Å². The van der Waals surface area contributed by atoms with Crippen LogP contribution < -0.4 is 20.5 Å². The summed E-state index contributed by atoms with van der Waals surface area (Å²) in [7, 11) is 1.56. The van der Waals surface area contributed by atoms with Crippen LogP contribution in [-0.4, -0.2) is 23.3 Å². The topological polar surface area (TPSA) is 88.6 Å². The predicted octanol–water partition coefficient (Wildman–Crippen LogP) is 4.73. The number of hydrogen-bond donors (Lipinski definition) is 2. The van der Waals surface area contributed by atoms with Gasteiger partial charge >= 0.3 is 0 Å². The van der Waals surface area contributed by atoms with Gasteiger partial charge in [0.2, 0.25) is 5.95 Å². The monoisotopic (exact) mass is 446 g/mol. The molecule has 0 aliphatic carbocycles. The lowest BCUT2D eigenvalue weighted by molar-refractivity contribution is 0.284. The molecule has 0 spiro atoms. The molecule has 0 unspecified atom stereocenters. The van der Waals surface area contributed by atoms with Crippen LogP contribution in [0.2, 0.25) is 10.0 Å². The van der Waals surface area contributed by atoms with Gasteiger partial charge < -0.3 is 9.47 Å². The lowest BCUT2D eigenvalue weighted by Gasteiger charge is -2.12. The third-order valence-corrected chi connectivity index (χ3v) is 4.95. The molecule has 0 atom stereocenters. The van der Waals surface area contributed by atoms with Gasteiger partial charge in [0.05, 0.1) is 13.3 Å². The predicted molar refractivity (Wildman–Crippen MR) is 119 cm³/mol. The smallest absolute Gasteiger partial charge is 0.255 e. The first-order chi connectivity index (χ1) is 14.4. The summed E-state index contributed by atoms with van der Waals surface area (Å²) < 4.78 is 11.3. The van der Waals surface area contributed by atoms with Gasteiger partial charge in [0.25, 0.3) is 5.56 Å². The van der Waals surface area contributed by atoms with Crippen molar-refractivity contribution in [1.29, 1.82) is 0 Å². The molecule has 0 saturated heterocycles. The van der Waals surface area contributed by atoms with Crippen LogP contribution in [0, 0.1) is 13.8 Å². The molecule has 156 valence electrons. The van der Waals surface area contributed by atoms with Crippen molar-refractivity contribution in [3.63, 3.8) is 0 Å². The SMILES string of the molecule is COc1cc(/C=N\Nc2nc(C)c(C)c(=O)[nH]2)ccc1OCc1ccc(Cl)cc1Cl. The lowest BCUT2D eigenvalue weighted by atomic mass is 10.2. The van der Waals surface area contributed by atoms with Gasteiger partial charge in [-0.1, -0.05) is 29.3 Å². The highest BCUT2D eigenvalue weighted by Gasteiger charge is 2.08. The van der Waals surface area contributed by atoms with Gasteiger partial charge in [-0.2, -0.15) is 5.10 Å². The molecule has 0 saturated carbocycles. The van der Waals surface area contributed by atoms with Crippen molar-refractivity contribution in [3.8, 4) is 11.5 Å². The van der Waals surface area contributed by atoms with Gasteiger partial charge in [-0.3, -0.25) is 9.78 Å². The summed E-state index contributed by atoms with van der Waals surface area (Å²) in [5.41, 5.74) is 5.30. The third-order valence-electron chi connectivity index (χ3n) is 4.36. The highest BCUT2D eigenvalue weighted by molar-refractivity contribution is 6.35. The number of anilines is 1. The van der Waals surface area contributed by atoms with Gasteiger partial charge in [0.15, 0.2) is 11.5 Å². The minimum atomic E-state index is -0.204. The van der Waals surface area contributed by atoms with Crippen molar-refractivity contribution in [2.45, 2.75) is 20.5 Å². The first-order valence-corrected chi connectivity index (χ1v) is 9.74. The van der Waals surface area contributed by atoms with Gasteiger partial charge in [-0.05, 0) is 49.7 Å². The van der Waals surface area contributed by atoms with E-state index in [0.717, 1.165) is 11.1 Å². The molecule has 9 heteroatoms. The normalized spacial score (nSPS) is 11.0. The van der Waals surface area contributed by atoms with Crippen molar-refractivity contribution in [3.05, 3.63) is 79.2 Å². The molecule has 30 heavy (non-hydrogen) atoms. The van der Waals surface area contributed by atoms with Gasteiger partial charge in [-0.25, -0.2) is 10.4 Å². The minimum absolute atomic E-state index is 0.204. The van der Waals surface area contributed by atoms with Gasteiger partial charge in [-0.15, -0.1) is 0 Å². The Morgan fingerprint density at radius 2 is 1.97 bits per heavy atom. The summed E-state index contributed by atoms with van der Waals surface area (Å²) >= 11 is 12.1. The summed E-state index contributed by atoms with van der Waals surface area (Å²) in [6, 6.07) is 10.6. The lowest BCUT2D eigenvalue weighted by Crippen LogP contribution is -2.15. The summed E-state index contributed by atoms with van der Waals surface area (Å²) in [4.78, 5) is 18.6. The maximum absolute atomic E-state index is 11.8. The molecule has 0 aliphatic rings. The maximum Gasteiger partial charge on any atom is 0.255 e. The Morgan fingerprint density at radius 3 is 2.67 bits per heavy atom. The Kier molecular flexibility index (Phi) is 6.97. The van der Waals surface area contributed by atoms with Crippen LogP contribution in [0.25, 0.3) is 0 Å². The summed E-state index contributed by atoms with van der Waals surface area (Å²) in [5.74, 6) is 1.38. The Bertz CT molecular complexity index is 1150. The fourth-order valence-electron chi connectivity index (χ4n) is 2.54. The molecule has 2 N–H and O–H groups in total. The molecule has 2 aromatic carbocycles. The highest BCUT2D eigenvalue weighted by Crippen LogP contribution is 2.29. The molecule has 0 amide bonds. The van der Waals surface area contributed by atoms with Crippen molar-refractivity contribution in [2.75, 3.05) is 12.5 Å². The van der Waals surface area contributed by atoms with E-state index in [0.29, 0.717) is 32.8 Å². The van der Waals surface area contributed by atoms with E-state index in [4.69, 9.17) is 32.7 Å². The number of nitrogens with one attached hydrogen (secondary N) is 2. The summed E-state index contributed by atoms with van der Waals surface area (Å²) in [6.45, 7) is 3.75. The summed E-state index contributed by atoms with van der Waals surface area (Å²) in [5, 5.41) is 5.21. The molecule has 3 rings (SSSR count). The number of aromatic amines is 1. The van der Waals surface area contributed by atoms with Crippen LogP contribution in [0.1, 0.15) is 22.4 Å². The molecular weight excluding hydrogens is 427 g/mol. The van der Waals surface area contributed by atoms with Crippen molar-refractivity contribution in [1.82, 2.24) is 9.97 Å². The van der Waals surface area contributed by atoms with Crippen molar-refractivity contribution < 1.29 is 9.47 Å². The first kappa shape index (κ1) is 21.7. The first-order valence-electron chi connectivity index (χ1n) is 8.98. The number of methoxy groups -OCH3 is 1. The number of rotatable bonds is 7. The molecule has 3 aromatic rings. The number of benzene rings is 2. The molecule has 0 fully saturated rings. The second kappa shape index (κ2) is 9.65. The Balaban J connectivity index is 1.69. The molecule has 1 heterocycles. The largest absolute Gasteiger partial charge is 0.493 e. The molecule has 7 nitrogen and oxygen atoms in total. The third kappa shape index (κ3) is 5.31. The number of H-pyrrole nitrogens is 1. The van der Waals surface area contributed by atoms with Crippen LogP contribution in [0.5, 0.6) is 11.5 Å². The number of nitrogens with zero attached hydrogens (tertiary/aromatic N) is 2. The zero-order chi connectivity index (χ0) is 21.7. The number of hydrogen-bond acceptors (Lipinski definition) is 6. The second-order valence-electron chi connectivity index (χ2n) is 6.43. The van der Waals surface area contributed by atoms with Crippen molar-refractivity contribution in [2.24, 2.45) is 5.10 Å². The quantitative estimate of drug-likeness (QED) is 0.404. The van der Waals surface area contributed by atoms with Crippen LogP contribution in [0.15, 0.2) is 46.3 Å². The number of halogens is 2. The molecule has 0 aliphatic heterocycles. The van der Waals surface area contributed by atoms with E-state index in [1.54, 1.807) is 51.4 Å². The number of aromatic nitrogens is 2. The van der Waals surface area contributed by atoms with Gasteiger partial charge in [0, 0.05) is 26.9 Å². The van der Waals surface area contributed by atoms with E-state index >= 15 is 0 Å². The Morgan fingerprint density at radius 1 is 1.17 bits per heavy atom. The van der Waals surface area contributed by atoms with E-state index < -0.39 is 0 Å². The standard InChI is InChI=1S/C21H20Cl2N4O3/c1-12-13(2)25-21(26-20(12)28)27-24-10-14-4-7-18(19(8-14)29-3)30-11-15-5-6-16(22)9-17(15)23/h4-10H,11H2,1-3H3,(H2,25,26,27,28)/b24-10-. The number of ether oxygens (including phenoxy) is 2. The summed E-state index contributed by atoms with van der Waals surface area (Å²) in [6.07, 6.45) is 1.58. The Hall–Kier alpha value is -3.03. The number of hydrazone groups is 1. The molecule has 0 bridgehead atoms. The van der Waals surface area contributed by atoms with Crippen LogP contribution >= 0.6 is 23.2 Å². The van der Waals surface area contributed by atoms with E-state index in [-0.39, 0.29) is 18.1 Å². The van der Waals surface area contributed by atoms with E-state index in [1.165, 1.54) is 0 Å². The molecular formula is C21H20Cl2N4O3. The second-order valence-corrected chi connectivity index (χ2v) is 7.27. The van der Waals surface area contributed by atoms with Crippen LogP contribution in [0.3, 0.4) is 0 Å². The Labute approximate surface area is 183 Å². The zero-order valence-corrected chi connectivity index (χ0v) is 18.1.